The Morgan fingerprint density at radius 2 is 1.23 bits per heavy atom. The van der Waals surface area contributed by atoms with Crippen LogP contribution in [0.1, 0.15) is 112 Å². The quantitative estimate of drug-likeness (QED) is 0.373. The molecule has 0 bridgehead atoms. The van der Waals surface area contributed by atoms with Gasteiger partial charge in [-0.3, -0.25) is 4.57 Å². The van der Waals surface area contributed by atoms with Crippen LogP contribution in [0.4, 0.5) is 0 Å². The third-order valence-corrected chi connectivity index (χ3v) is 7.35. The van der Waals surface area contributed by atoms with E-state index in [-0.39, 0.29) is 29.2 Å². The number of phenols is 1. The lowest BCUT2D eigenvalue weighted by atomic mass is 9.78. The molecule has 0 saturated heterocycles. The van der Waals surface area contributed by atoms with E-state index in [4.69, 9.17) is 9.05 Å². The molecular formula is C25H45O4P. The van der Waals surface area contributed by atoms with Crippen molar-refractivity contribution in [1.29, 1.82) is 0 Å². The highest BCUT2D eigenvalue weighted by Crippen LogP contribution is 2.55. The van der Waals surface area contributed by atoms with E-state index in [9.17, 15) is 9.67 Å². The summed E-state index contributed by atoms with van der Waals surface area (Å²) in [7, 11) is -3.35. The number of aromatic hydroxyl groups is 1. The van der Waals surface area contributed by atoms with Gasteiger partial charge in [0.1, 0.15) is 5.75 Å². The van der Waals surface area contributed by atoms with E-state index >= 15 is 0 Å². The van der Waals surface area contributed by atoms with Gasteiger partial charge < -0.3 is 14.2 Å². The van der Waals surface area contributed by atoms with E-state index in [2.05, 4.69) is 55.4 Å². The zero-order chi connectivity index (χ0) is 23.3. The number of rotatable bonds is 10. The largest absolute Gasteiger partial charge is 0.507 e. The smallest absolute Gasteiger partial charge is 0.335 e. The van der Waals surface area contributed by atoms with Crippen LogP contribution in [0.5, 0.6) is 5.75 Å². The predicted octanol–water partition coefficient (Wildman–Crippen LogP) is 8.09. The van der Waals surface area contributed by atoms with E-state index in [0.29, 0.717) is 5.75 Å². The van der Waals surface area contributed by atoms with Gasteiger partial charge >= 0.3 is 7.60 Å². The molecule has 0 heterocycles. The number of benzene rings is 1. The fraction of sp³-hybridized carbons (Fsp3) is 0.760. The molecule has 0 aliphatic heterocycles. The molecule has 0 spiro atoms. The maximum atomic E-state index is 13.9. The maximum absolute atomic E-state index is 13.9. The number of hydrogen-bond acceptors (Lipinski definition) is 4. The van der Waals surface area contributed by atoms with Gasteiger partial charge in [0.2, 0.25) is 0 Å². The number of phenolic OH excluding ortho intramolecular Hbond substituents is 1. The first-order valence-corrected chi connectivity index (χ1v) is 13.2. The van der Waals surface area contributed by atoms with Crippen molar-refractivity contribution in [2.24, 2.45) is 0 Å². The van der Waals surface area contributed by atoms with Crippen molar-refractivity contribution >= 4 is 7.60 Å². The van der Waals surface area contributed by atoms with Crippen LogP contribution >= 0.6 is 7.60 Å². The molecule has 0 amide bonds. The van der Waals surface area contributed by atoms with Gasteiger partial charge in [-0.25, -0.2) is 0 Å². The van der Waals surface area contributed by atoms with Gasteiger partial charge in [0, 0.05) is 0 Å². The van der Waals surface area contributed by atoms with Crippen molar-refractivity contribution in [1.82, 2.24) is 0 Å². The van der Waals surface area contributed by atoms with Crippen molar-refractivity contribution in [3.63, 3.8) is 0 Å². The lowest BCUT2D eigenvalue weighted by Gasteiger charge is -2.30. The van der Waals surface area contributed by atoms with Gasteiger partial charge in [-0.1, -0.05) is 80.4 Å². The third kappa shape index (κ3) is 8.02. The molecule has 5 heteroatoms. The highest BCUT2D eigenvalue weighted by Gasteiger charge is 2.33. The normalized spacial score (nSPS) is 16.9. The molecule has 0 aromatic heterocycles. The molecule has 30 heavy (non-hydrogen) atoms. The van der Waals surface area contributed by atoms with Crippen molar-refractivity contribution in [3.8, 4) is 5.75 Å². The standard InChI is InChI=1S/C25H45O4P/c1-11-13-18(3)28-30(27,29-19(4)14-12-2)17-20-15-21(24(5,6)7)23(26)22(16-20)25(8,9)10/h15-16,18-19,26H,11-14,17H2,1-10H3. The first-order valence-electron chi connectivity index (χ1n) is 11.5. The zero-order valence-electron chi connectivity index (χ0n) is 21.0. The monoisotopic (exact) mass is 440 g/mol. The Kier molecular flexibility index (Phi) is 9.67. The van der Waals surface area contributed by atoms with Crippen LogP contribution in [0, 0.1) is 0 Å². The van der Waals surface area contributed by atoms with E-state index in [1.54, 1.807) is 0 Å². The summed E-state index contributed by atoms with van der Waals surface area (Å²) >= 11 is 0. The molecule has 4 nitrogen and oxygen atoms in total. The highest BCUT2D eigenvalue weighted by molar-refractivity contribution is 7.53. The zero-order valence-corrected chi connectivity index (χ0v) is 21.9. The molecule has 1 rings (SSSR count). The summed E-state index contributed by atoms with van der Waals surface area (Å²) < 4.78 is 26.0. The molecule has 2 unspecified atom stereocenters. The minimum atomic E-state index is -3.35. The minimum absolute atomic E-state index is 0.129. The van der Waals surface area contributed by atoms with Crippen molar-refractivity contribution in [3.05, 3.63) is 28.8 Å². The van der Waals surface area contributed by atoms with Gasteiger partial charge in [-0.2, -0.15) is 0 Å². The van der Waals surface area contributed by atoms with Gasteiger partial charge in [0.25, 0.3) is 0 Å². The van der Waals surface area contributed by atoms with E-state index in [1.165, 1.54) is 0 Å². The molecule has 0 aliphatic carbocycles. The van der Waals surface area contributed by atoms with Crippen LogP contribution in [0.15, 0.2) is 12.1 Å². The summed E-state index contributed by atoms with van der Waals surface area (Å²) in [6, 6.07) is 3.94. The molecule has 0 fully saturated rings. The van der Waals surface area contributed by atoms with Gasteiger partial charge in [0.05, 0.1) is 18.4 Å². The Morgan fingerprint density at radius 1 is 0.867 bits per heavy atom. The Hall–Kier alpha value is -0.830. The fourth-order valence-electron chi connectivity index (χ4n) is 3.72. The minimum Gasteiger partial charge on any atom is -0.507 e. The van der Waals surface area contributed by atoms with Gasteiger partial charge in [0.15, 0.2) is 0 Å². The summed E-state index contributed by atoms with van der Waals surface area (Å²) in [5.41, 5.74) is 2.13. The van der Waals surface area contributed by atoms with Gasteiger partial charge in [-0.05, 0) is 54.2 Å². The first kappa shape index (κ1) is 27.2. The van der Waals surface area contributed by atoms with Crippen LogP contribution < -0.4 is 0 Å². The molecule has 0 saturated carbocycles. The van der Waals surface area contributed by atoms with E-state index in [0.717, 1.165) is 42.4 Å². The Labute approximate surface area is 185 Å². The molecule has 0 aliphatic rings. The van der Waals surface area contributed by atoms with E-state index < -0.39 is 7.60 Å². The highest BCUT2D eigenvalue weighted by atomic mass is 31.2. The van der Waals surface area contributed by atoms with Crippen molar-refractivity contribution in [2.45, 2.75) is 124 Å². The second-order valence-corrected chi connectivity index (χ2v) is 12.7. The summed E-state index contributed by atoms with van der Waals surface area (Å²) in [5.74, 6) is 0.328. The van der Waals surface area contributed by atoms with Crippen LogP contribution in [-0.4, -0.2) is 17.3 Å². The van der Waals surface area contributed by atoms with E-state index in [1.807, 2.05) is 26.0 Å². The lowest BCUT2D eigenvalue weighted by molar-refractivity contribution is 0.118. The predicted molar refractivity (Wildman–Crippen MR) is 128 cm³/mol. The molecular weight excluding hydrogens is 395 g/mol. The van der Waals surface area contributed by atoms with Crippen LogP contribution in [0.2, 0.25) is 0 Å². The molecule has 1 N–H and O–H groups in total. The van der Waals surface area contributed by atoms with Gasteiger partial charge in [-0.15, -0.1) is 0 Å². The van der Waals surface area contributed by atoms with Crippen molar-refractivity contribution in [2.75, 3.05) is 0 Å². The first-order chi connectivity index (χ1) is 13.6. The Balaban J connectivity index is 3.44. The average Bonchev–Trinajstić information content (AvgIpc) is 2.54. The molecule has 1 aromatic carbocycles. The third-order valence-electron chi connectivity index (χ3n) is 5.23. The fourth-order valence-corrected chi connectivity index (χ4v) is 5.85. The molecule has 174 valence electrons. The van der Waals surface area contributed by atoms with Crippen LogP contribution in [0.3, 0.4) is 0 Å². The molecule has 0 radical (unpaired) electrons. The SMILES string of the molecule is CCCC(C)OP(=O)(Cc1cc(C(C)(C)C)c(O)c(C(C)(C)C)c1)OC(C)CCC. The lowest BCUT2D eigenvalue weighted by Crippen LogP contribution is -2.18. The summed E-state index contributed by atoms with van der Waals surface area (Å²) in [6.45, 7) is 20.6. The number of hydrogen-bond donors (Lipinski definition) is 1. The summed E-state index contributed by atoms with van der Waals surface area (Å²) in [4.78, 5) is 0. The topological polar surface area (TPSA) is 55.8 Å². The van der Waals surface area contributed by atoms with Crippen LogP contribution in [-0.2, 0) is 30.6 Å². The summed E-state index contributed by atoms with van der Waals surface area (Å²) in [6.07, 6.45) is 3.56. The average molecular weight is 441 g/mol. The summed E-state index contributed by atoms with van der Waals surface area (Å²) in [5, 5.41) is 11.0. The maximum Gasteiger partial charge on any atom is 0.335 e. The van der Waals surface area contributed by atoms with Crippen LogP contribution in [0.25, 0.3) is 0 Å². The van der Waals surface area contributed by atoms with Crippen molar-refractivity contribution < 1.29 is 18.7 Å². The second kappa shape index (κ2) is 10.7. The molecule has 2 atom stereocenters. The second-order valence-electron chi connectivity index (χ2n) is 10.7. The Morgan fingerprint density at radius 3 is 1.53 bits per heavy atom. The molecule has 1 aromatic rings. The Bertz CT molecular complexity index is 675.